The van der Waals surface area contributed by atoms with Gasteiger partial charge >= 0.3 is 6.03 Å². The van der Waals surface area contributed by atoms with Gasteiger partial charge in [-0.2, -0.15) is 0 Å². The Hall–Kier alpha value is -2.57. The molecule has 0 heterocycles. The highest BCUT2D eigenvalue weighted by Gasteiger charge is 2.16. The molecular formula is C20H27N3O3. The molecule has 0 aliphatic heterocycles. The minimum absolute atomic E-state index is 0.189. The van der Waals surface area contributed by atoms with Gasteiger partial charge in [0.25, 0.3) is 0 Å². The molecule has 2 amide bonds. The molecule has 0 aliphatic carbocycles. The van der Waals surface area contributed by atoms with Crippen LogP contribution in [0.5, 0.6) is 0 Å². The molecule has 0 aliphatic rings. The fourth-order valence-corrected chi connectivity index (χ4v) is 2.71. The minimum atomic E-state index is -0.716. The fraction of sp³-hybridized carbons (Fsp3) is 0.350. The van der Waals surface area contributed by atoms with E-state index in [1.807, 2.05) is 49.5 Å². The van der Waals surface area contributed by atoms with Gasteiger partial charge in [-0.05, 0) is 17.7 Å². The predicted octanol–water partition coefficient (Wildman–Crippen LogP) is 2.79. The maximum atomic E-state index is 12.4. The Bertz CT molecular complexity index is 694. The van der Waals surface area contributed by atoms with Gasteiger partial charge in [-0.3, -0.25) is 0 Å². The quantitative estimate of drug-likeness (QED) is 0.762. The number of aliphatic hydroxyl groups excluding tert-OH is 1. The SMILES string of the molecule is COCC(O)CN(C)C(=O)Nc1ccccc1N(C)Cc1ccccc1. The third kappa shape index (κ3) is 5.75. The lowest BCUT2D eigenvalue weighted by Gasteiger charge is -2.25. The molecule has 0 aromatic heterocycles. The lowest BCUT2D eigenvalue weighted by molar-refractivity contribution is 0.0501. The molecule has 0 saturated heterocycles. The van der Waals surface area contributed by atoms with Gasteiger partial charge in [0, 0.05) is 27.7 Å². The zero-order valence-corrected chi connectivity index (χ0v) is 15.6. The Balaban J connectivity index is 2.04. The number of aliphatic hydroxyl groups is 1. The summed E-state index contributed by atoms with van der Waals surface area (Å²) in [5, 5.41) is 12.7. The normalized spacial score (nSPS) is 11.7. The van der Waals surface area contributed by atoms with Crippen LogP contribution in [0.15, 0.2) is 54.6 Å². The first-order valence-corrected chi connectivity index (χ1v) is 8.54. The summed E-state index contributed by atoms with van der Waals surface area (Å²) in [4.78, 5) is 16.0. The first-order chi connectivity index (χ1) is 12.5. The van der Waals surface area contributed by atoms with Gasteiger partial charge in [-0.25, -0.2) is 4.79 Å². The van der Waals surface area contributed by atoms with Crippen molar-refractivity contribution in [1.82, 2.24) is 4.90 Å². The number of anilines is 2. The van der Waals surface area contributed by atoms with Gasteiger partial charge in [0.05, 0.1) is 30.6 Å². The predicted molar refractivity (Wildman–Crippen MR) is 105 cm³/mol. The number of nitrogens with one attached hydrogen (secondary N) is 1. The second-order valence-electron chi connectivity index (χ2n) is 6.28. The standard InChI is InChI=1S/C20H27N3O3/c1-22(13-16-9-5-4-6-10-16)19-12-8-7-11-18(19)21-20(25)23(2)14-17(24)15-26-3/h4-12,17,24H,13-15H2,1-3H3,(H,21,25). The van der Waals surface area contributed by atoms with Crippen LogP contribution in [-0.4, -0.2) is 56.5 Å². The van der Waals surface area contributed by atoms with E-state index in [0.717, 1.165) is 17.9 Å². The number of hydrogen-bond donors (Lipinski definition) is 2. The number of para-hydroxylation sites is 2. The van der Waals surface area contributed by atoms with E-state index in [1.54, 1.807) is 7.05 Å². The Kier molecular flexibility index (Phi) is 7.44. The van der Waals surface area contributed by atoms with Gasteiger partial charge < -0.3 is 25.0 Å². The summed E-state index contributed by atoms with van der Waals surface area (Å²) in [6, 6.07) is 17.5. The number of benzene rings is 2. The molecular weight excluding hydrogens is 330 g/mol. The average molecular weight is 357 g/mol. The number of hydrogen-bond acceptors (Lipinski definition) is 4. The first kappa shape index (κ1) is 19.8. The Morgan fingerprint density at radius 1 is 1.12 bits per heavy atom. The lowest BCUT2D eigenvalue weighted by Crippen LogP contribution is -2.39. The van der Waals surface area contributed by atoms with E-state index in [9.17, 15) is 9.90 Å². The summed E-state index contributed by atoms with van der Waals surface area (Å²) >= 11 is 0. The molecule has 140 valence electrons. The van der Waals surface area contributed by atoms with Gasteiger partial charge in [-0.1, -0.05) is 42.5 Å². The van der Waals surface area contributed by atoms with E-state index in [1.165, 1.54) is 17.6 Å². The Morgan fingerprint density at radius 2 is 1.77 bits per heavy atom. The van der Waals surface area contributed by atoms with E-state index in [4.69, 9.17) is 4.74 Å². The smallest absolute Gasteiger partial charge is 0.321 e. The number of carbonyl (C=O) groups excluding carboxylic acids is 1. The lowest BCUT2D eigenvalue weighted by atomic mass is 10.2. The highest BCUT2D eigenvalue weighted by atomic mass is 16.5. The monoisotopic (exact) mass is 357 g/mol. The Labute approximate surface area is 155 Å². The zero-order valence-electron chi connectivity index (χ0n) is 15.6. The van der Waals surface area contributed by atoms with Gasteiger partial charge in [0.1, 0.15) is 0 Å². The fourth-order valence-electron chi connectivity index (χ4n) is 2.71. The van der Waals surface area contributed by atoms with Gasteiger partial charge in [0.15, 0.2) is 0 Å². The number of methoxy groups -OCH3 is 1. The molecule has 0 saturated carbocycles. The number of amides is 2. The molecule has 26 heavy (non-hydrogen) atoms. The second-order valence-corrected chi connectivity index (χ2v) is 6.28. The summed E-state index contributed by atoms with van der Waals surface area (Å²) in [5.74, 6) is 0. The number of urea groups is 1. The summed E-state index contributed by atoms with van der Waals surface area (Å²) in [7, 11) is 5.15. The van der Waals surface area contributed by atoms with Crippen molar-refractivity contribution in [2.24, 2.45) is 0 Å². The summed E-state index contributed by atoms with van der Waals surface area (Å²) in [6.07, 6.45) is -0.716. The summed E-state index contributed by atoms with van der Waals surface area (Å²) in [5.41, 5.74) is 2.84. The number of carbonyl (C=O) groups is 1. The van der Waals surface area contributed by atoms with Gasteiger partial charge in [0.2, 0.25) is 0 Å². The second kappa shape index (κ2) is 9.79. The van der Waals surface area contributed by atoms with E-state index in [2.05, 4.69) is 22.3 Å². The van der Waals surface area contributed by atoms with Crippen molar-refractivity contribution in [2.45, 2.75) is 12.6 Å². The molecule has 6 nitrogen and oxygen atoms in total. The van der Waals surface area contributed by atoms with E-state index in [-0.39, 0.29) is 19.2 Å². The summed E-state index contributed by atoms with van der Waals surface area (Å²) in [6.45, 7) is 1.12. The molecule has 6 heteroatoms. The van der Waals surface area contributed by atoms with Crippen LogP contribution in [0.2, 0.25) is 0 Å². The van der Waals surface area contributed by atoms with E-state index in [0.29, 0.717) is 0 Å². The van der Waals surface area contributed by atoms with Crippen LogP contribution in [0.1, 0.15) is 5.56 Å². The largest absolute Gasteiger partial charge is 0.389 e. The van der Waals surface area contributed by atoms with Crippen LogP contribution in [0.4, 0.5) is 16.2 Å². The van der Waals surface area contributed by atoms with Crippen LogP contribution in [0.3, 0.4) is 0 Å². The van der Waals surface area contributed by atoms with Crippen molar-refractivity contribution < 1.29 is 14.6 Å². The molecule has 1 atom stereocenters. The molecule has 1 unspecified atom stereocenters. The average Bonchev–Trinajstić information content (AvgIpc) is 2.63. The van der Waals surface area contributed by atoms with Crippen molar-refractivity contribution in [1.29, 1.82) is 0 Å². The summed E-state index contributed by atoms with van der Waals surface area (Å²) < 4.78 is 4.89. The van der Waals surface area contributed by atoms with Crippen LogP contribution in [0, 0.1) is 0 Å². The maximum Gasteiger partial charge on any atom is 0.321 e. The van der Waals surface area contributed by atoms with Crippen LogP contribution in [-0.2, 0) is 11.3 Å². The molecule has 2 rings (SSSR count). The number of likely N-dealkylation sites (N-methyl/N-ethyl adjacent to an activating group) is 1. The number of rotatable bonds is 8. The van der Waals surface area contributed by atoms with E-state index >= 15 is 0 Å². The molecule has 2 N–H and O–H groups in total. The van der Waals surface area contributed by atoms with Crippen LogP contribution < -0.4 is 10.2 Å². The van der Waals surface area contributed by atoms with Crippen molar-refractivity contribution in [3.8, 4) is 0 Å². The molecule has 0 spiro atoms. The zero-order chi connectivity index (χ0) is 18.9. The molecule has 0 radical (unpaired) electrons. The van der Waals surface area contributed by atoms with Crippen molar-refractivity contribution in [2.75, 3.05) is 44.6 Å². The molecule has 2 aromatic rings. The number of nitrogens with zero attached hydrogens (tertiary/aromatic N) is 2. The highest BCUT2D eigenvalue weighted by molar-refractivity contribution is 5.93. The third-order valence-corrected chi connectivity index (χ3v) is 4.01. The Morgan fingerprint density at radius 3 is 2.46 bits per heavy atom. The van der Waals surface area contributed by atoms with Crippen molar-refractivity contribution >= 4 is 17.4 Å². The first-order valence-electron chi connectivity index (χ1n) is 8.54. The van der Waals surface area contributed by atoms with E-state index < -0.39 is 6.10 Å². The van der Waals surface area contributed by atoms with Crippen LogP contribution >= 0.6 is 0 Å². The van der Waals surface area contributed by atoms with Crippen molar-refractivity contribution in [3.63, 3.8) is 0 Å². The van der Waals surface area contributed by atoms with Crippen molar-refractivity contribution in [3.05, 3.63) is 60.2 Å². The van der Waals surface area contributed by atoms with Gasteiger partial charge in [-0.15, -0.1) is 0 Å². The topological polar surface area (TPSA) is 65.0 Å². The number of ether oxygens (including phenoxy) is 1. The third-order valence-electron chi connectivity index (χ3n) is 4.01. The molecule has 0 bridgehead atoms. The minimum Gasteiger partial charge on any atom is -0.389 e. The highest BCUT2D eigenvalue weighted by Crippen LogP contribution is 2.26. The molecule has 2 aromatic carbocycles. The molecule has 0 fully saturated rings. The maximum absolute atomic E-state index is 12.4. The van der Waals surface area contributed by atoms with Crippen LogP contribution in [0.25, 0.3) is 0 Å².